The van der Waals surface area contributed by atoms with E-state index in [1.165, 1.54) is 7.11 Å². The first-order valence-corrected chi connectivity index (χ1v) is 4.88. The lowest BCUT2D eigenvalue weighted by Crippen LogP contribution is -2.48. The van der Waals surface area contributed by atoms with Gasteiger partial charge in [-0.05, 0) is 6.92 Å². The molecule has 0 aromatic heterocycles. The van der Waals surface area contributed by atoms with Gasteiger partial charge in [0.05, 0.1) is 12.5 Å². The highest BCUT2D eigenvalue weighted by molar-refractivity contribution is 5.86. The summed E-state index contributed by atoms with van der Waals surface area (Å²) in [7, 11) is 1.47. The van der Waals surface area contributed by atoms with E-state index < -0.39 is 30.4 Å². The molecule has 2 atom stereocenters. The number of amides is 2. The van der Waals surface area contributed by atoms with Gasteiger partial charge < -0.3 is 25.6 Å². The molecule has 0 radical (unpaired) electrons. The number of carbonyl (C=O) groups excluding carboxylic acids is 1. The maximum absolute atomic E-state index is 11.2. The van der Waals surface area contributed by atoms with Gasteiger partial charge in [0.2, 0.25) is 0 Å². The Morgan fingerprint density at radius 2 is 1.88 bits per heavy atom. The number of nitrogens with one attached hydrogen (secondary N) is 2. The molecule has 8 nitrogen and oxygen atoms in total. The molecule has 0 aromatic carbocycles. The van der Waals surface area contributed by atoms with E-state index in [0.717, 1.165) is 0 Å². The van der Waals surface area contributed by atoms with Crippen molar-refractivity contribution < 1.29 is 29.3 Å². The van der Waals surface area contributed by atoms with Crippen LogP contribution >= 0.6 is 0 Å². The van der Waals surface area contributed by atoms with Crippen molar-refractivity contribution in [1.29, 1.82) is 0 Å². The summed E-state index contributed by atoms with van der Waals surface area (Å²) < 4.78 is 4.86. The maximum atomic E-state index is 11.2. The first-order chi connectivity index (χ1) is 7.86. The fourth-order valence-corrected chi connectivity index (χ4v) is 0.904. The lowest BCUT2D eigenvalue weighted by Gasteiger charge is -2.15. The van der Waals surface area contributed by atoms with Crippen molar-refractivity contribution in [3.63, 3.8) is 0 Å². The third-order valence-electron chi connectivity index (χ3n) is 1.93. The molecule has 0 aliphatic heterocycles. The molecule has 0 saturated heterocycles. The van der Waals surface area contributed by atoms with Crippen LogP contribution in [0.3, 0.4) is 0 Å². The molecule has 0 aliphatic rings. The summed E-state index contributed by atoms with van der Waals surface area (Å²) in [4.78, 5) is 32.2. The number of carboxylic acids is 2. The fraction of sp³-hybridized carbons (Fsp3) is 0.667. The molecule has 8 heteroatoms. The Balaban J connectivity index is 4.13. The third kappa shape index (κ3) is 7.12. The molecule has 0 aliphatic carbocycles. The lowest BCUT2D eigenvalue weighted by molar-refractivity contribution is -0.145. The summed E-state index contributed by atoms with van der Waals surface area (Å²) >= 11 is 0. The summed E-state index contributed by atoms with van der Waals surface area (Å²) in [5.41, 5.74) is 0. The minimum Gasteiger partial charge on any atom is -0.481 e. The van der Waals surface area contributed by atoms with Crippen molar-refractivity contribution in [3.05, 3.63) is 0 Å². The highest BCUT2D eigenvalue weighted by atomic mass is 16.5. The number of ether oxygens (including phenoxy) is 1. The van der Waals surface area contributed by atoms with Gasteiger partial charge in [-0.3, -0.25) is 4.79 Å². The number of methoxy groups -OCH3 is 1. The van der Waals surface area contributed by atoms with Crippen LogP contribution in [-0.2, 0) is 14.3 Å². The Hall–Kier alpha value is -1.83. The summed E-state index contributed by atoms with van der Waals surface area (Å²) in [5.74, 6) is -2.70. The molecule has 0 saturated carbocycles. The first-order valence-electron chi connectivity index (χ1n) is 4.88. The molecule has 0 rings (SSSR count). The third-order valence-corrected chi connectivity index (χ3v) is 1.93. The minimum atomic E-state index is -1.45. The van der Waals surface area contributed by atoms with E-state index in [0.29, 0.717) is 0 Å². The standard InChI is InChI=1S/C9H16N2O6/c1-5(17-2)4-10-9(16)11-6(8(14)15)3-7(12)13/h5-6H,3-4H2,1-2H3,(H,12,13)(H,14,15)(H2,10,11,16)/t5?,6-/m0/s1. The fourth-order valence-electron chi connectivity index (χ4n) is 0.904. The van der Waals surface area contributed by atoms with E-state index in [2.05, 4.69) is 5.32 Å². The van der Waals surface area contributed by atoms with Crippen molar-refractivity contribution in [3.8, 4) is 0 Å². The van der Waals surface area contributed by atoms with Crippen LogP contribution in [0.4, 0.5) is 4.79 Å². The van der Waals surface area contributed by atoms with Gasteiger partial charge in [0.25, 0.3) is 0 Å². The summed E-state index contributed by atoms with van der Waals surface area (Å²) in [6.07, 6.45) is -0.897. The van der Waals surface area contributed by atoms with Gasteiger partial charge in [0.1, 0.15) is 6.04 Å². The zero-order valence-corrected chi connectivity index (χ0v) is 9.60. The van der Waals surface area contributed by atoms with Crippen LogP contribution in [0.5, 0.6) is 0 Å². The second-order valence-electron chi connectivity index (χ2n) is 3.39. The smallest absolute Gasteiger partial charge is 0.326 e. The highest BCUT2D eigenvalue weighted by Crippen LogP contribution is 1.93. The Bertz CT molecular complexity index is 293. The molecule has 17 heavy (non-hydrogen) atoms. The molecule has 1 unspecified atom stereocenters. The first kappa shape index (κ1) is 15.2. The van der Waals surface area contributed by atoms with Gasteiger partial charge in [-0.2, -0.15) is 0 Å². The zero-order chi connectivity index (χ0) is 13.4. The zero-order valence-electron chi connectivity index (χ0n) is 9.60. The van der Waals surface area contributed by atoms with Crippen LogP contribution in [0.25, 0.3) is 0 Å². The molecule has 0 spiro atoms. The molecule has 0 heterocycles. The Labute approximate surface area is 97.9 Å². The Morgan fingerprint density at radius 1 is 1.29 bits per heavy atom. The number of aliphatic carboxylic acids is 2. The van der Waals surface area contributed by atoms with E-state index in [-0.39, 0.29) is 12.6 Å². The monoisotopic (exact) mass is 248 g/mol. The second kappa shape index (κ2) is 7.44. The predicted octanol–water partition coefficient (Wildman–Crippen LogP) is -0.752. The summed E-state index contributed by atoms with van der Waals surface area (Å²) in [6.45, 7) is 1.91. The van der Waals surface area contributed by atoms with Crippen molar-refractivity contribution >= 4 is 18.0 Å². The quantitative estimate of drug-likeness (QED) is 0.469. The summed E-state index contributed by atoms with van der Waals surface area (Å²) in [5, 5.41) is 21.5. The molecule has 0 fully saturated rings. The molecule has 0 bridgehead atoms. The van der Waals surface area contributed by atoms with E-state index in [9.17, 15) is 14.4 Å². The molecule has 98 valence electrons. The largest absolute Gasteiger partial charge is 0.481 e. The van der Waals surface area contributed by atoms with Gasteiger partial charge in [0.15, 0.2) is 0 Å². The van der Waals surface area contributed by atoms with E-state index in [4.69, 9.17) is 14.9 Å². The molecule has 0 aromatic rings. The van der Waals surface area contributed by atoms with Crippen LogP contribution < -0.4 is 10.6 Å². The average molecular weight is 248 g/mol. The number of carboxylic acid groups (broad SMARTS) is 2. The van der Waals surface area contributed by atoms with Gasteiger partial charge in [-0.25, -0.2) is 9.59 Å². The van der Waals surface area contributed by atoms with Crippen LogP contribution in [0, 0.1) is 0 Å². The highest BCUT2D eigenvalue weighted by Gasteiger charge is 2.22. The van der Waals surface area contributed by atoms with Gasteiger partial charge in [-0.15, -0.1) is 0 Å². The second-order valence-corrected chi connectivity index (χ2v) is 3.39. The molecular weight excluding hydrogens is 232 g/mol. The molecular formula is C9H16N2O6. The number of carbonyl (C=O) groups is 3. The minimum absolute atomic E-state index is 0.196. The summed E-state index contributed by atoms with van der Waals surface area (Å²) in [6, 6.07) is -2.20. The average Bonchev–Trinajstić information content (AvgIpc) is 2.24. The Morgan fingerprint density at radius 3 is 2.29 bits per heavy atom. The van der Waals surface area contributed by atoms with Crippen LogP contribution in [0.15, 0.2) is 0 Å². The number of hydrogen-bond acceptors (Lipinski definition) is 4. The van der Waals surface area contributed by atoms with Gasteiger partial charge in [0, 0.05) is 13.7 Å². The molecule has 4 N–H and O–H groups in total. The predicted molar refractivity (Wildman–Crippen MR) is 56.7 cm³/mol. The van der Waals surface area contributed by atoms with Gasteiger partial charge >= 0.3 is 18.0 Å². The molecule has 2 amide bonds. The van der Waals surface area contributed by atoms with E-state index >= 15 is 0 Å². The number of rotatable bonds is 7. The lowest BCUT2D eigenvalue weighted by atomic mass is 10.2. The van der Waals surface area contributed by atoms with E-state index in [1.54, 1.807) is 6.92 Å². The van der Waals surface area contributed by atoms with Crippen LogP contribution in [-0.4, -0.2) is 54.0 Å². The van der Waals surface area contributed by atoms with Crippen molar-refractivity contribution in [2.75, 3.05) is 13.7 Å². The van der Waals surface area contributed by atoms with Crippen molar-refractivity contribution in [2.45, 2.75) is 25.5 Å². The van der Waals surface area contributed by atoms with E-state index in [1.807, 2.05) is 5.32 Å². The maximum Gasteiger partial charge on any atom is 0.326 e. The van der Waals surface area contributed by atoms with Crippen LogP contribution in [0.1, 0.15) is 13.3 Å². The number of urea groups is 1. The van der Waals surface area contributed by atoms with Gasteiger partial charge in [-0.1, -0.05) is 0 Å². The topological polar surface area (TPSA) is 125 Å². The SMILES string of the molecule is COC(C)CNC(=O)N[C@@H](CC(=O)O)C(=O)O. The Kier molecular flexibility index (Phi) is 6.64. The number of hydrogen-bond donors (Lipinski definition) is 4. The van der Waals surface area contributed by atoms with Crippen molar-refractivity contribution in [2.24, 2.45) is 0 Å². The van der Waals surface area contributed by atoms with Crippen molar-refractivity contribution in [1.82, 2.24) is 10.6 Å². The normalized spacial score (nSPS) is 13.5. The van der Waals surface area contributed by atoms with Crippen LogP contribution in [0.2, 0.25) is 0 Å².